The lowest BCUT2D eigenvalue weighted by atomic mass is 10.2. The second kappa shape index (κ2) is 8.03. The Morgan fingerprint density at radius 1 is 1.16 bits per heavy atom. The van der Waals surface area contributed by atoms with Gasteiger partial charge in [0, 0.05) is 5.69 Å². The highest BCUT2D eigenvalue weighted by Crippen LogP contribution is 2.27. The van der Waals surface area contributed by atoms with Gasteiger partial charge in [0.1, 0.15) is 5.75 Å². The zero-order valence-electron chi connectivity index (χ0n) is 14.9. The third-order valence-corrected chi connectivity index (χ3v) is 4.61. The number of piperazine rings is 1. The van der Waals surface area contributed by atoms with Crippen LogP contribution in [0, 0.1) is 6.92 Å². The molecule has 0 radical (unpaired) electrons. The zero-order chi connectivity index (χ0) is 17.6. The van der Waals surface area contributed by atoms with Gasteiger partial charge in [0.2, 0.25) is 0 Å². The molecule has 2 aromatic carbocycles. The number of para-hydroxylation sites is 2. The van der Waals surface area contributed by atoms with Crippen LogP contribution in [0.5, 0.6) is 5.75 Å². The molecule has 0 saturated carbocycles. The summed E-state index contributed by atoms with van der Waals surface area (Å²) in [7, 11) is 1.70. The smallest absolute Gasteiger partial charge is 0.279 e. The molecule has 0 aromatic heterocycles. The Balaban J connectivity index is 1.51. The van der Waals surface area contributed by atoms with Crippen molar-refractivity contribution in [1.29, 1.82) is 0 Å². The number of quaternary nitrogens is 1. The van der Waals surface area contributed by atoms with Gasteiger partial charge in [0.15, 0.2) is 6.54 Å². The summed E-state index contributed by atoms with van der Waals surface area (Å²) in [6.45, 7) is 6.27. The van der Waals surface area contributed by atoms with Crippen LogP contribution in [0.3, 0.4) is 0 Å². The highest BCUT2D eigenvalue weighted by molar-refractivity contribution is 5.91. The van der Waals surface area contributed by atoms with Crippen LogP contribution in [0.4, 0.5) is 11.4 Å². The predicted octanol–water partition coefficient (Wildman–Crippen LogP) is 1.35. The quantitative estimate of drug-likeness (QED) is 0.864. The van der Waals surface area contributed by atoms with Crippen LogP contribution in [-0.2, 0) is 4.79 Å². The molecule has 1 heterocycles. The van der Waals surface area contributed by atoms with Gasteiger partial charge in [0.25, 0.3) is 5.91 Å². The van der Waals surface area contributed by atoms with E-state index in [2.05, 4.69) is 16.3 Å². The first-order valence-electron chi connectivity index (χ1n) is 8.74. The second-order valence-electron chi connectivity index (χ2n) is 6.50. The van der Waals surface area contributed by atoms with Gasteiger partial charge in [-0.05, 0) is 36.8 Å². The van der Waals surface area contributed by atoms with E-state index < -0.39 is 0 Å². The van der Waals surface area contributed by atoms with Gasteiger partial charge < -0.3 is 19.9 Å². The molecule has 0 atom stereocenters. The Bertz CT molecular complexity index is 724. The molecule has 2 aromatic rings. The molecule has 0 spiro atoms. The largest absolute Gasteiger partial charge is 0.495 e. The average molecular weight is 340 g/mol. The summed E-state index contributed by atoms with van der Waals surface area (Å²) >= 11 is 0. The number of nitrogens with one attached hydrogen (secondary N) is 2. The number of aryl methyl sites for hydroxylation is 1. The van der Waals surface area contributed by atoms with Crippen molar-refractivity contribution in [3.8, 4) is 5.75 Å². The Morgan fingerprint density at radius 2 is 1.92 bits per heavy atom. The van der Waals surface area contributed by atoms with Crippen molar-refractivity contribution in [3.05, 3.63) is 54.1 Å². The number of benzene rings is 2. The molecule has 5 nitrogen and oxygen atoms in total. The molecular weight excluding hydrogens is 314 g/mol. The fourth-order valence-electron chi connectivity index (χ4n) is 3.29. The molecule has 1 aliphatic rings. The minimum atomic E-state index is 0.0753. The molecule has 1 amide bonds. The van der Waals surface area contributed by atoms with Gasteiger partial charge >= 0.3 is 0 Å². The fraction of sp³-hybridized carbons (Fsp3) is 0.350. The van der Waals surface area contributed by atoms with Crippen molar-refractivity contribution in [2.45, 2.75) is 6.92 Å². The fourth-order valence-corrected chi connectivity index (χ4v) is 3.29. The first-order valence-corrected chi connectivity index (χ1v) is 8.74. The maximum Gasteiger partial charge on any atom is 0.279 e. The zero-order valence-corrected chi connectivity index (χ0v) is 14.9. The molecule has 1 fully saturated rings. The Morgan fingerprint density at radius 3 is 2.64 bits per heavy atom. The number of amides is 1. The van der Waals surface area contributed by atoms with E-state index in [-0.39, 0.29) is 5.91 Å². The number of hydrogen-bond acceptors (Lipinski definition) is 3. The topological polar surface area (TPSA) is 46.0 Å². The van der Waals surface area contributed by atoms with Crippen molar-refractivity contribution in [3.63, 3.8) is 0 Å². The van der Waals surface area contributed by atoms with Gasteiger partial charge in [-0.2, -0.15) is 0 Å². The van der Waals surface area contributed by atoms with E-state index in [1.165, 1.54) is 4.90 Å². The number of rotatable bonds is 5. The van der Waals surface area contributed by atoms with Crippen molar-refractivity contribution in [1.82, 2.24) is 0 Å². The number of carbonyl (C=O) groups excluding carboxylic acids is 1. The predicted molar refractivity (Wildman–Crippen MR) is 101 cm³/mol. The first-order chi connectivity index (χ1) is 12.2. The molecule has 1 aliphatic heterocycles. The summed E-state index contributed by atoms with van der Waals surface area (Å²) < 4.78 is 5.45. The molecule has 0 bridgehead atoms. The number of carbonyl (C=O) groups is 1. The number of hydrogen-bond donors (Lipinski definition) is 2. The van der Waals surface area contributed by atoms with Gasteiger partial charge in [0.05, 0.1) is 39.0 Å². The van der Waals surface area contributed by atoms with E-state index in [0.29, 0.717) is 6.54 Å². The second-order valence-corrected chi connectivity index (χ2v) is 6.50. The SMILES string of the molecule is COc1ccccc1N1CC[NH+](CC(=O)Nc2cccc(C)c2)CC1. The van der Waals surface area contributed by atoms with Gasteiger partial charge in [-0.1, -0.05) is 24.3 Å². The van der Waals surface area contributed by atoms with E-state index in [1.807, 2.05) is 49.4 Å². The van der Waals surface area contributed by atoms with Crippen LogP contribution in [0.15, 0.2) is 48.5 Å². The van der Waals surface area contributed by atoms with Crippen LogP contribution >= 0.6 is 0 Å². The lowest BCUT2D eigenvalue weighted by molar-refractivity contribution is -0.892. The Kier molecular flexibility index (Phi) is 5.56. The molecule has 2 N–H and O–H groups in total. The molecule has 0 aliphatic carbocycles. The third-order valence-electron chi connectivity index (χ3n) is 4.61. The van der Waals surface area contributed by atoms with Crippen molar-refractivity contribution in [2.75, 3.05) is 50.1 Å². The molecule has 1 saturated heterocycles. The van der Waals surface area contributed by atoms with Gasteiger partial charge in [-0.15, -0.1) is 0 Å². The highest BCUT2D eigenvalue weighted by atomic mass is 16.5. The lowest BCUT2D eigenvalue weighted by Crippen LogP contribution is -3.15. The molecule has 132 valence electrons. The van der Waals surface area contributed by atoms with Crippen LogP contribution in [0.2, 0.25) is 0 Å². The van der Waals surface area contributed by atoms with E-state index in [0.717, 1.165) is 48.9 Å². The van der Waals surface area contributed by atoms with Crippen molar-refractivity contribution >= 4 is 17.3 Å². The molecule has 25 heavy (non-hydrogen) atoms. The summed E-state index contributed by atoms with van der Waals surface area (Å²) in [6, 6.07) is 16.0. The number of anilines is 2. The minimum absolute atomic E-state index is 0.0753. The highest BCUT2D eigenvalue weighted by Gasteiger charge is 2.23. The maximum atomic E-state index is 12.3. The van der Waals surface area contributed by atoms with E-state index in [1.54, 1.807) is 7.11 Å². The maximum absolute atomic E-state index is 12.3. The Labute approximate surface area is 149 Å². The summed E-state index contributed by atoms with van der Waals surface area (Å²) in [6.07, 6.45) is 0. The van der Waals surface area contributed by atoms with Crippen LogP contribution in [0.1, 0.15) is 5.56 Å². The standard InChI is InChI=1S/C20H25N3O2/c1-16-6-5-7-17(14-16)21-20(24)15-22-10-12-23(13-11-22)18-8-3-4-9-19(18)25-2/h3-9,14H,10-13,15H2,1-2H3,(H,21,24)/p+1. The van der Waals surface area contributed by atoms with Crippen LogP contribution in [0.25, 0.3) is 0 Å². The summed E-state index contributed by atoms with van der Waals surface area (Å²) in [5.74, 6) is 0.981. The number of nitrogens with zero attached hydrogens (tertiary/aromatic N) is 1. The molecule has 0 unspecified atom stereocenters. The van der Waals surface area contributed by atoms with E-state index >= 15 is 0 Å². The third kappa shape index (κ3) is 4.51. The van der Waals surface area contributed by atoms with Crippen LogP contribution in [-0.4, -0.2) is 45.7 Å². The Hall–Kier alpha value is -2.53. The molecule has 5 heteroatoms. The average Bonchev–Trinajstić information content (AvgIpc) is 2.62. The monoisotopic (exact) mass is 340 g/mol. The van der Waals surface area contributed by atoms with E-state index in [9.17, 15) is 4.79 Å². The molecule has 3 rings (SSSR count). The van der Waals surface area contributed by atoms with E-state index in [4.69, 9.17) is 4.74 Å². The molecular formula is C20H26N3O2+. The summed E-state index contributed by atoms with van der Waals surface area (Å²) in [5.41, 5.74) is 3.15. The van der Waals surface area contributed by atoms with Crippen LogP contribution < -0.4 is 19.9 Å². The van der Waals surface area contributed by atoms with Gasteiger partial charge in [-0.25, -0.2) is 0 Å². The summed E-state index contributed by atoms with van der Waals surface area (Å²) in [4.78, 5) is 15.9. The summed E-state index contributed by atoms with van der Waals surface area (Å²) in [5, 5.41) is 3.00. The minimum Gasteiger partial charge on any atom is -0.495 e. The first kappa shape index (κ1) is 17.3. The number of methoxy groups -OCH3 is 1. The normalized spacial score (nSPS) is 15.0. The lowest BCUT2D eigenvalue weighted by Gasteiger charge is -2.34. The van der Waals surface area contributed by atoms with Gasteiger partial charge in [-0.3, -0.25) is 4.79 Å². The van der Waals surface area contributed by atoms with Crippen molar-refractivity contribution in [2.24, 2.45) is 0 Å². The van der Waals surface area contributed by atoms with Crippen molar-refractivity contribution < 1.29 is 14.4 Å². The number of ether oxygens (including phenoxy) is 1.